The van der Waals surface area contributed by atoms with Crippen molar-refractivity contribution in [2.75, 3.05) is 0 Å². The zero-order valence-electron chi connectivity index (χ0n) is 12.7. The van der Waals surface area contributed by atoms with E-state index in [-0.39, 0.29) is 0 Å². The van der Waals surface area contributed by atoms with Crippen molar-refractivity contribution >= 4 is 0 Å². The maximum absolute atomic E-state index is 2.47. The molecular weight excluding hydrogens is 192 g/mol. The molecule has 0 aliphatic heterocycles. The van der Waals surface area contributed by atoms with Crippen LogP contribution < -0.4 is 0 Å². The Labute approximate surface area is 104 Å². The van der Waals surface area contributed by atoms with Crippen LogP contribution in [0.5, 0.6) is 0 Å². The SMILES string of the molecule is CCCC(C)CC(C)C(C)C(CC)C(C)C. The Balaban J connectivity index is 4.19. The van der Waals surface area contributed by atoms with Gasteiger partial charge in [-0.15, -0.1) is 0 Å². The fraction of sp³-hybridized carbons (Fsp3) is 1.00. The van der Waals surface area contributed by atoms with Gasteiger partial charge in [-0.2, -0.15) is 0 Å². The van der Waals surface area contributed by atoms with Crippen LogP contribution in [0, 0.1) is 29.6 Å². The fourth-order valence-corrected chi connectivity index (χ4v) is 3.33. The van der Waals surface area contributed by atoms with Gasteiger partial charge < -0.3 is 0 Å². The molecule has 0 fully saturated rings. The molecule has 0 aliphatic carbocycles. The largest absolute Gasteiger partial charge is 0.0654 e. The maximum atomic E-state index is 2.47. The molecule has 0 aromatic heterocycles. The summed E-state index contributed by atoms with van der Waals surface area (Å²) in [5.41, 5.74) is 0. The van der Waals surface area contributed by atoms with Crippen molar-refractivity contribution in [3.05, 3.63) is 0 Å². The Morgan fingerprint density at radius 2 is 1.44 bits per heavy atom. The van der Waals surface area contributed by atoms with Crippen molar-refractivity contribution in [2.24, 2.45) is 29.6 Å². The number of rotatable bonds is 8. The number of hydrogen-bond donors (Lipinski definition) is 0. The molecule has 4 unspecified atom stereocenters. The standard InChI is InChI=1S/C16H34/c1-8-10-13(5)11-14(6)15(7)16(9-2)12(3)4/h12-16H,8-11H2,1-7H3. The summed E-state index contributed by atoms with van der Waals surface area (Å²) >= 11 is 0. The van der Waals surface area contributed by atoms with E-state index in [0.717, 1.165) is 29.6 Å². The van der Waals surface area contributed by atoms with E-state index in [2.05, 4.69) is 48.5 Å². The lowest BCUT2D eigenvalue weighted by Gasteiger charge is -2.32. The van der Waals surface area contributed by atoms with Crippen LogP contribution in [0.15, 0.2) is 0 Å². The average molecular weight is 226 g/mol. The molecule has 0 saturated heterocycles. The van der Waals surface area contributed by atoms with Gasteiger partial charge in [0.25, 0.3) is 0 Å². The second-order valence-corrected chi connectivity index (χ2v) is 6.28. The highest BCUT2D eigenvalue weighted by molar-refractivity contribution is 4.74. The molecule has 0 rings (SSSR count). The molecule has 0 aliphatic rings. The molecule has 0 heterocycles. The van der Waals surface area contributed by atoms with Crippen LogP contribution in [-0.2, 0) is 0 Å². The molecule has 0 aromatic rings. The van der Waals surface area contributed by atoms with Gasteiger partial charge >= 0.3 is 0 Å². The van der Waals surface area contributed by atoms with E-state index in [4.69, 9.17) is 0 Å². The Hall–Kier alpha value is 0. The summed E-state index contributed by atoms with van der Waals surface area (Å²) < 4.78 is 0. The summed E-state index contributed by atoms with van der Waals surface area (Å²) in [5, 5.41) is 0. The topological polar surface area (TPSA) is 0 Å². The van der Waals surface area contributed by atoms with E-state index >= 15 is 0 Å². The number of hydrogen-bond acceptors (Lipinski definition) is 0. The molecule has 16 heavy (non-hydrogen) atoms. The Bertz CT molecular complexity index is 159. The molecule has 0 N–H and O–H groups in total. The van der Waals surface area contributed by atoms with Crippen molar-refractivity contribution in [1.82, 2.24) is 0 Å². The Morgan fingerprint density at radius 1 is 0.875 bits per heavy atom. The van der Waals surface area contributed by atoms with Gasteiger partial charge in [0.1, 0.15) is 0 Å². The third kappa shape index (κ3) is 5.37. The predicted molar refractivity (Wildman–Crippen MR) is 75.6 cm³/mol. The third-order valence-electron chi connectivity index (χ3n) is 4.46. The van der Waals surface area contributed by atoms with Crippen molar-refractivity contribution in [2.45, 2.75) is 74.1 Å². The van der Waals surface area contributed by atoms with Crippen molar-refractivity contribution in [1.29, 1.82) is 0 Å². The normalized spacial score (nSPS) is 19.5. The molecule has 0 spiro atoms. The Morgan fingerprint density at radius 3 is 1.81 bits per heavy atom. The second kappa shape index (κ2) is 8.14. The minimum atomic E-state index is 0.837. The van der Waals surface area contributed by atoms with E-state index in [1.165, 1.54) is 25.7 Å². The van der Waals surface area contributed by atoms with Gasteiger partial charge in [0.2, 0.25) is 0 Å². The molecule has 0 aromatic carbocycles. The summed E-state index contributed by atoms with van der Waals surface area (Å²) in [4.78, 5) is 0. The van der Waals surface area contributed by atoms with Crippen molar-refractivity contribution in [3.8, 4) is 0 Å². The first-order chi connectivity index (χ1) is 7.43. The van der Waals surface area contributed by atoms with Crippen LogP contribution in [0.1, 0.15) is 74.1 Å². The van der Waals surface area contributed by atoms with Crippen LogP contribution in [-0.4, -0.2) is 0 Å². The van der Waals surface area contributed by atoms with Crippen LogP contribution in [0.3, 0.4) is 0 Å². The zero-order valence-corrected chi connectivity index (χ0v) is 12.7. The smallest absolute Gasteiger partial charge is 0.0365 e. The van der Waals surface area contributed by atoms with Gasteiger partial charge in [0, 0.05) is 0 Å². The quantitative estimate of drug-likeness (QED) is 0.493. The van der Waals surface area contributed by atoms with E-state index in [1.807, 2.05) is 0 Å². The molecule has 98 valence electrons. The summed E-state index contributed by atoms with van der Waals surface area (Å²) in [5.74, 6) is 4.41. The van der Waals surface area contributed by atoms with Crippen LogP contribution in [0.25, 0.3) is 0 Å². The highest BCUT2D eigenvalue weighted by Gasteiger charge is 2.24. The minimum absolute atomic E-state index is 0.837. The summed E-state index contributed by atoms with van der Waals surface area (Å²) in [6, 6.07) is 0. The van der Waals surface area contributed by atoms with Gasteiger partial charge in [-0.25, -0.2) is 0 Å². The molecule has 0 amide bonds. The molecule has 0 radical (unpaired) electrons. The van der Waals surface area contributed by atoms with E-state index < -0.39 is 0 Å². The summed E-state index contributed by atoms with van der Waals surface area (Å²) in [6.45, 7) is 16.8. The van der Waals surface area contributed by atoms with Gasteiger partial charge in [0.05, 0.1) is 0 Å². The van der Waals surface area contributed by atoms with Crippen LogP contribution >= 0.6 is 0 Å². The molecule has 4 atom stereocenters. The lowest BCUT2D eigenvalue weighted by atomic mass is 9.73. The predicted octanol–water partition coefficient (Wildman–Crippen LogP) is 5.77. The third-order valence-corrected chi connectivity index (χ3v) is 4.46. The van der Waals surface area contributed by atoms with Crippen LogP contribution in [0.4, 0.5) is 0 Å². The van der Waals surface area contributed by atoms with E-state index in [1.54, 1.807) is 0 Å². The first-order valence-electron chi connectivity index (χ1n) is 7.43. The van der Waals surface area contributed by atoms with Gasteiger partial charge in [0.15, 0.2) is 0 Å². The monoisotopic (exact) mass is 226 g/mol. The minimum Gasteiger partial charge on any atom is -0.0654 e. The highest BCUT2D eigenvalue weighted by atomic mass is 14.3. The summed E-state index contributed by atoms with van der Waals surface area (Å²) in [7, 11) is 0. The van der Waals surface area contributed by atoms with E-state index in [0.29, 0.717) is 0 Å². The summed E-state index contributed by atoms with van der Waals surface area (Å²) in [6.07, 6.45) is 5.49. The zero-order chi connectivity index (χ0) is 12.7. The van der Waals surface area contributed by atoms with Gasteiger partial charge in [-0.1, -0.05) is 67.7 Å². The van der Waals surface area contributed by atoms with Gasteiger partial charge in [-0.05, 0) is 36.0 Å². The molecule has 0 saturated carbocycles. The first-order valence-corrected chi connectivity index (χ1v) is 7.43. The Kier molecular flexibility index (Phi) is 8.14. The highest BCUT2D eigenvalue weighted by Crippen LogP contribution is 2.33. The van der Waals surface area contributed by atoms with Crippen molar-refractivity contribution in [3.63, 3.8) is 0 Å². The molecule has 0 heteroatoms. The molecular formula is C16H34. The van der Waals surface area contributed by atoms with Crippen molar-refractivity contribution < 1.29 is 0 Å². The molecule has 0 bridgehead atoms. The maximum Gasteiger partial charge on any atom is -0.0365 e. The van der Waals surface area contributed by atoms with Crippen LogP contribution in [0.2, 0.25) is 0 Å². The average Bonchev–Trinajstić information content (AvgIpc) is 2.18. The fourth-order valence-electron chi connectivity index (χ4n) is 3.33. The van der Waals surface area contributed by atoms with E-state index in [9.17, 15) is 0 Å². The van der Waals surface area contributed by atoms with Gasteiger partial charge in [-0.3, -0.25) is 0 Å². The lowest BCUT2D eigenvalue weighted by molar-refractivity contribution is 0.176. The first kappa shape index (κ1) is 16.0. The lowest BCUT2D eigenvalue weighted by Crippen LogP contribution is -2.24. The second-order valence-electron chi connectivity index (χ2n) is 6.28. The molecule has 0 nitrogen and oxygen atoms in total.